The zero-order valence-electron chi connectivity index (χ0n) is 15.0. The van der Waals surface area contributed by atoms with Crippen LogP contribution in [0.2, 0.25) is 0 Å². The molecule has 0 bridgehead atoms. The molecule has 3 aromatic rings. The summed E-state index contributed by atoms with van der Waals surface area (Å²) in [5.74, 6) is 0.109. The van der Waals surface area contributed by atoms with E-state index in [1.807, 2.05) is 24.6 Å². The van der Waals surface area contributed by atoms with Gasteiger partial charge >= 0.3 is 0 Å². The van der Waals surface area contributed by atoms with Crippen LogP contribution in [0.1, 0.15) is 47.8 Å². The number of fused-ring (bicyclic) bond motifs is 1. The van der Waals surface area contributed by atoms with Crippen LogP contribution in [0.3, 0.4) is 0 Å². The molecule has 26 heavy (non-hydrogen) atoms. The molecule has 0 spiro atoms. The van der Waals surface area contributed by atoms with Crippen molar-refractivity contribution in [2.75, 3.05) is 0 Å². The zero-order valence-corrected chi connectivity index (χ0v) is 15.0. The molecule has 1 aromatic carbocycles. The summed E-state index contributed by atoms with van der Waals surface area (Å²) in [7, 11) is 1.94. The second kappa shape index (κ2) is 6.48. The minimum Gasteiger partial charge on any atom is -0.508 e. The maximum atomic E-state index is 13.0. The van der Waals surface area contributed by atoms with Gasteiger partial charge in [-0.1, -0.05) is 0 Å². The van der Waals surface area contributed by atoms with Crippen LogP contribution in [0.4, 0.5) is 0 Å². The van der Waals surface area contributed by atoms with E-state index in [0.29, 0.717) is 11.6 Å². The molecule has 0 atom stereocenters. The Labute approximate surface area is 151 Å². The summed E-state index contributed by atoms with van der Waals surface area (Å²) >= 11 is 0. The van der Waals surface area contributed by atoms with Crippen LogP contribution in [0, 0.1) is 6.92 Å². The summed E-state index contributed by atoms with van der Waals surface area (Å²) in [4.78, 5) is 13.0. The Bertz CT molecular complexity index is 937. The first-order valence-corrected chi connectivity index (χ1v) is 8.97. The molecule has 2 N–H and O–H groups in total. The van der Waals surface area contributed by atoms with Gasteiger partial charge in [0.15, 0.2) is 0 Å². The van der Waals surface area contributed by atoms with Crippen LogP contribution >= 0.6 is 0 Å². The lowest BCUT2D eigenvalue weighted by Gasteiger charge is -2.29. The SMILES string of the molecule is Cc1c(C(=O)NC2CCC(n3cnnc3)CC2)c2cc(O)ccc2n1C. The Kier molecular flexibility index (Phi) is 4.14. The van der Waals surface area contributed by atoms with Gasteiger partial charge < -0.3 is 19.6 Å². The van der Waals surface area contributed by atoms with Gasteiger partial charge in [0.05, 0.1) is 5.56 Å². The van der Waals surface area contributed by atoms with E-state index in [2.05, 4.69) is 20.1 Å². The Balaban J connectivity index is 1.50. The number of aromatic nitrogens is 4. The number of aryl methyl sites for hydroxylation is 1. The molecule has 2 aromatic heterocycles. The van der Waals surface area contributed by atoms with Crippen LogP contribution in [0.25, 0.3) is 10.9 Å². The quantitative estimate of drug-likeness (QED) is 0.758. The molecule has 1 amide bonds. The maximum absolute atomic E-state index is 13.0. The standard InChI is InChI=1S/C19H23N5O2/c1-12-18(16-9-15(25)7-8-17(16)23(12)2)19(26)22-13-3-5-14(6-4-13)24-10-20-21-11-24/h7-11,13-14,25H,3-6H2,1-2H3,(H,22,26). The van der Waals surface area contributed by atoms with Crippen molar-refractivity contribution >= 4 is 16.8 Å². The number of benzene rings is 1. The fourth-order valence-electron chi connectivity index (χ4n) is 4.02. The van der Waals surface area contributed by atoms with Crippen molar-refractivity contribution in [1.82, 2.24) is 24.6 Å². The van der Waals surface area contributed by atoms with Crippen LogP contribution < -0.4 is 5.32 Å². The van der Waals surface area contributed by atoms with Crippen molar-refractivity contribution in [2.45, 2.75) is 44.7 Å². The minimum absolute atomic E-state index is 0.0635. The van der Waals surface area contributed by atoms with Crippen LogP contribution in [0.15, 0.2) is 30.9 Å². The summed E-state index contributed by atoms with van der Waals surface area (Å²) in [6, 6.07) is 5.74. The highest BCUT2D eigenvalue weighted by molar-refractivity contribution is 6.08. The van der Waals surface area contributed by atoms with Crippen molar-refractivity contribution in [1.29, 1.82) is 0 Å². The first-order chi connectivity index (χ1) is 12.5. The molecule has 1 aliphatic rings. The zero-order chi connectivity index (χ0) is 18.3. The van der Waals surface area contributed by atoms with Crippen molar-refractivity contribution in [3.8, 4) is 5.75 Å². The van der Waals surface area contributed by atoms with E-state index in [4.69, 9.17) is 0 Å². The van der Waals surface area contributed by atoms with Crippen molar-refractivity contribution in [3.05, 3.63) is 42.1 Å². The number of carbonyl (C=O) groups excluding carboxylic acids is 1. The van der Waals surface area contributed by atoms with E-state index < -0.39 is 0 Å². The molecule has 7 heteroatoms. The lowest BCUT2D eigenvalue weighted by atomic mass is 9.91. The lowest BCUT2D eigenvalue weighted by Crippen LogP contribution is -2.38. The first-order valence-electron chi connectivity index (χ1n) is 8.97. The van der Waals surface area contributed by atoms with Gasteiger partial charge in [-0.25, -0.2) is 0 Å². The number of rotatable bonds is 3. The maximum Gasteiger partial charge on any atom is 0.253 e. The molecular weight excluding hydrogens is 330 g/mol. The highest BCUT2D eigenvalue weighted by Gasteiger charge is 2.26. The molecule has 0 radical (unpaired) electrons. The number of phenolic OH excluding ortho intramolecular Hbond substituents is 1. The van der Waals surface area contributed by atoms with Gasteiger partial charge in [0.2, 0.25) is 0 Å². The predicted molar refractivity (Wildman–Crippen MR) is 98.1 cm³/mol. The Morgan fingerprint density at radius 1 is 1.19 bits per heavy atom. The van der Waals surface area contributed by atoms with Gasteiger partial charge in [-0.2, -0.15) is 0 Å². The molecule has 136 valence electrons. The van der Waals surface area contributed by atoms with Crippen LogP contribution in [0.5, 0.6) is 5.75 Å². The number of hydrogen-bond donors (Lipinski definition) is 2. The largest absolute Gasteiger partial charge is 0.508 e. The van der Waals surface area contributed by atoms with Crippen LogP contribution in [-0.2, 0) is 7.05 Å². The minimum atomic E-state index is -0.0635. The Morgan fingerprint density at radius 3 is 2.58 bits per heavy atom. The van der Waals surface area contributed by atoms with E-state index >= 15 is 0 Å². The van der Waals surface area contributed by atoms with Gasteiger partial charge in [0, 0.05) is 35.7 Å². The molecule has 4 rings (SSSR count). The number of carbonyl (C=O) groups is 1. The van der Waals surface area contributed by atoms with Gasteiger partial charge in [0.25, 0.3) is 5.91 Å². The second-order valence-corrected chi connectivity index (χ2v) is 7.11. The molecule has 0 unspecified atom stereocenters. The number of aromatic hydroxyl groups is 1. The fourth-order valence-corrected chi connectivity index (χ4v) is 4.02. The average Bonchev–Trinajstić information content (AvgIpc) is 3.24. The second-order valence-electron chi connectivity index (χ2n) is 7.11. The number of amides is 1. The Morgan fingerprint density at radius 2 is 1.88 bits per heavy atom. The number of phenols is 1. The molecule has 1 saturated carbocycles. The third-order valence-electron chi connectivity index (χ3n) is 5.59. The van der Waals surface area contributed by atoms with Gasteiger partial charge in [-0.05, 0) is 50.8 Å². The summed E-state index contributed by atoms with van der Waals surface area (Å²) in [5.41, 5.74) is 2.50. The highest BCUT2D eigenvalue weighted by Crippen LogP contribution is 2.30. The highest BCUT2D eigenvalue weighted by atomic mass is 16.3. The molecular formula is C19H23N5O2. The summed E-state index contributed by atoms with van der Waals surface area (Å²) in [6.07, 6.45) is 7.38. The smallest absolute Gasteiger partial charge is 0.253 e. The molecule has 7 nitrogen and oxygen atoms in total. The van der Waals surface area contributed by atoms with Gasteiger partial charge in [0.1, 0.15) is 18.4 Å². The molecule has 1 fully saturated rings. The van der Waals surface area contributed by atoms with Crippen molar-refractivity contribution < 1.29 is 9.90 Å². The van der Waals surface area contributed by atoms with Gasteiger partial charge in [-0.3, -0.25) is 4.79 Å². The van der Waals surface area contributed by atoms with Gasteiger partial charge in [-0.15, -0.1) is 10.2 Å². The number of nitrogens with one attached hydrogen (secondary N) is 1. The third kappa shape index (κ3) is 2.83. The fraction of sp³-hybridized carbons (Fsp3) is 0.421. The summed E-state index contributed by atoms with van der Waals surface area (Å²) < 4.78 is 4.04. The molecule has 0 aliphatic heterocycles. The van der Waals surface area contributed by atoms with E-state index in [1.165, 1.54) is 0 Å². The average molecular weight is 353 g/mol. The monoisotopic (exact) mass is 353 g/mol. The van der Waals surface area contributed by atoms with Crippen molar-refractivity contribution in [2.24, 2.45) is 7.05 Å². The van der Waals surface area contributed by atoms with E-state index in [-0.39, 0.29) is 17.7 Å². The molecule has 1 aliphatic carbocycles. The predicted octanol–water partition coefficient (Wildman–Crippen LogP) is 2.70. The summed E-state index contributed by atoms with van der Waals surface area (Å²) in [6.45, 7) is 1.94. The number of hydrogen-bond acceptors (Lipinski definition) is 4. The number of nitrogens with zero attached hydrogens (tertiary/aromatic N) is 4. The van der Waals surface area contributed by atoms with E-state index in [9.17, 15) is 9.90 Å². The molecule has 0 saturated heterocycles. The van der Waals surface area contributed by atoms with E-state index in [0.717, 1.165) is 42.3 Å². The van der Waals surface area contributed by atoms with Crippen molar-refractivity contribution in [3.63, 3.8) is 0 Å². The topological polar surface area (TPSA) is 85.0 Å². The summed E-state index contributed by atoms with van der Waals surface area (Å²) in [5, 5.41) is 21.6. The lowest BCUT2D eigenvalue weighted by molar-refractivity contribution is 0.0923. The first kappa shape index (κ1) is 16.6. The third-order valence-corrected chi connectivity index (χ3v) is 5.59. The normalized spacial score (nSPS) is 20.4. The van der Waals surface area contributed by atoms with Crippen LogP contribution in [-0.4, -0.2) is 36.4 Å². The Hall–Kier alpha value is -2.83. The van der Waals surface area contributed by atoms with E-state index in [1.54, 1.807) is 24.8 Å². The molecule has 2 heterocycles.